The number of quaternary nitrogens is 1. The van der Waals surface area contributed by atoms with Crippen molar-refractivity contribution in [3.8, 4) is 5.75 Å². The van der Waals surface area contributed by atoms with E-state index in [0.29, 0.717) is 5.92 Å². The van der Waals surface area contributed by atoms with Crippen LogP contribution in [0.2, 0.25) is 0 Å². The molecule has 1 unspecified atom stereocenters. The number of nitrogens with one attached hydrogen (secondary N) is 1. The van der Waals surface area contributed by atoms with Crippen molar-refractivity contribution in [3.63, 3.8) is 0 Å². The zero-order chi connectivity index (χ0) is 18.9. The SMILES string of the molecule is CCC[C@H](O)C[NH+](Cc1cccn1Cc1cccc(OC)c1)CC(C)C. The summed E-state index contributed by atoms with van der Waals surface area (Å²) in [4.78, 5) is 1.45. The van der Waals surface area contributed by atoms with Crippen LogP contribution in [0.5, 0.6) is 5.75 Å². The minimum absolute atomic E-state index is 0.212. The quantitative estimate of drug-likeness (QED) is 0.647. The molecule has 0 aliphatic rings. The summed E-state index contributed by atoms with van der Waals surface area (Å²) < 4.78 is 7.64. The molecule has 4 heteroatoms. The van der Waals surface area contributed by atoms with Gasteiger partial charge in [0.15, 0.2) is 0 Å². The topological polar surface area (TPSA) is 38.8 Å². The van der Waals surface area contributed by atoms with Gasteiger partial charge in [-0.05, 0) is 36.2 Å². The van der Waals surface area contributed by atoms with Crippen LogP contribution in [-0.2, 0) is 13.1 Å². The lowest BCUT2D eigenvalue weighted by Gasteiger charge is -2.24. The lowest BCUT2D eigenvalue weighted by atomic mass is 10.1. The number of nitrogens with zero attached hydrogens (tertiary/aromatic N) is 1. The van der Waals surface area contributed by atoms with Crippen LogP contribution in [0, 0.1) is 5.92 Å². The Bertz CT molecular complexity index is 651. The molecule has 2 rings (SSSR count). The van der Waals surface area contributed by atoms with E-state index in [9.17, 15) is 5.11 Å². The average Bonchev–Trinajstić information content (AvgIpc) is 3.01. The first-order valence-corrected chi connectivity index (χ1v) is 9.80. The Balaban J connectivity index is 2.08. The molecule has 1 aromatic carbocycles. The smallest absolute Gasteiger partial charge is 0.119 e. The summed E-state index contributed by atoms with van der Waals surface area (Å²) in [7, 11) is 1.70. The fraction of sp³-hybridized carbons (Fsp3) is 0.545. The lowest BCUT2D eigenvalue weighted by molar-refractivity contribution is -0.920. The van der Waals surface area contributed by atoms with E-state index in [-0.39, 0.29) is 6.10 Å². The van der Waals surface area contributed by atoms with Crippen LogP contribution in [0.4, 0.5) is 0 Å². The second kappa shape index (κ2) is 10.4. The molecule has 0 fully saturated rings. The maximum atomic E-state index is 10.3. The number of aliphatic hydroxyl groups excluding tert-OH is 1. The average molecular weight is 360 g/mol. The second-order valence-corrected chi connectivity index (χ2v) is 7.65. The van der Waals surface area contributed by atoms with Gasteiger partial charge in [0.1, 0.15) is 24.9 Å². The van der Waals surface area contributed by atoms with Gasteiger partial charge >= 0.3 is 0 Å². The fourth-order valence-corrected chi connectivity index (χ4v) is 3.56. The third-order valence-corrected chi connectivity index (χ3v) is 4.68. The number of aliphatic hydroxyl groups is 1. The zero-order valence-electron chi connectivity index (χ0n) is 16.7. The van der Waals surface area contributed by atoms with Gasteiger partial charge in [0.05, 0.1) is 19.3 Å². The van der Waals surface area contributed by atoms with E-state index in [2.05, 4.69) is 55.8 Å². The number of ether oxygens (including phenoxy) is 1. The molecule has 0 aliphatic heterocycles. The number of aromatic nitrogens is 1. The van der Waals surface area contributed by atoms with Crippen LogP contribution in [0.3, 0.4) is 0 Å². The zero-order valence-corrected chi connectivity index (χ0v) is 16.7. The molecule has 0 aliphatic carbocycles. The molecule has 26 heavy (non-hydrogen) atoms. The van der Waals surface area contributed by atoms with Gasteiger partial charge in [-0.1, -0.05) is 39.3 Å². The number of rotatable bonds is 11. The molecular weight excluding hydrogens is 324 g/mol. The Morgan fingerprint density at radius 3 is 2.65 bits per heavy atom. The van der Waals surface area contributed by atoms with Crippen molar-refractivity contribution in [3.05, 3.63) is 53.9 Å². The van der Waals surface area contributed by atoms with E-state index in [4.69, 9.17) is 4.74 Å². The van der Waals surface area contributed by atoms with Gasteiger partial charge in [0.25, 0.3) is 0 Å². The Kier molecular flexibility index (Phi) is 8.20. The van der Waals surface area contributed by atoms with Gasteiger partial charge in [0.2, 0.25) is 0 Å². The standard InChI is InChI=1S/C22H34N2O2/c1-5-8-21(25)17-23(14-18(2)3)16-20-10-7-12-24(20)15-19-9-6-11-22(13-19)26-4/h6-7,9-13,18,21,25H,5,8,14-17H2,1-4H3/p+1/t21-/m0/s1. The number of hydrogen-bond donors (Lipinski definition) is 2. The fourth-order valence-electron chi connectivity index (χ4n) is 3.56. The van der Waals surface area contributed by atoms with E-state index in [1.807, 2.05) is 12.1 Å². The Morgan fingerprint density at radius 1 is 1.15 bits per heavy atom. The Labute approximate surface area is 158 Å². The summed E-state index contributed by atoms with van der Waals surface area (Å²) in [5.41, 5.74) is 2.55. The second-order valence-electron chi connectivity index (χ2n) is 7.65. The van der Waals surface area contributed by atoms with E-state index in [1.54, 1.807) is 7.11 Å². The van der Waals surface area contributed by atoms with E-state index in [1.165, 1.54) is 16.2 Å². The summed E-state index contributed by atoms with van der Waals surface area (Å²) in [5, 5.41) is 10.3. The summed E-state index contributed by atoms with van der Waals surface area (Å²) >= 11 is 0. The largest absolute Gasteiger partial charge is 0.497 e. The number of benzene rings is 1. The molecule has 2 N–H and O–H groups in total. The molecule has 144 valence electrons. The van der Waals surface area contributed by atoms with Gasteiger partial charge in [-0.25, -0.2) is 0 Å². The summed E-state index contributed by atoms with van der Waals surface area (Å²) in [6.45, 7) is 10.3. The van der Waals surface area contributed by atoms with E-state index < -0.39 is 0 Å². The first-order chi connectivity index (χ1) is 12.5. The molecule has 0 radical (unpaired) electrons. The van der Waals surface area contributed by atoms with Gasteiger partial charge in [0, 0.05) is 18.7 Å². The van der Waals surface area contributed by atoms with Crippen LogP contribution < -0.4 is 9.64 Å². The molecule has 4 nitrogen and oxygen atoms in total. The van der Waals surface area contributed by atoms with Gasteiger partial charge in [-0.3, -0.25) is 0 Å². The minimum atomic E-state index is -0.212. The molecule has 0 bridgehead atoms. The van der Waals surface area contributed by atoms with Gasteiger partial charge < -0.3 is 19.3 Å². The Hall–Kier alpha value is -1.78. The third-order valence-electron chi connectivity index (χ3n) is 4.68. The monoisotopic (exact) mass is 359 g/mol. The summed E-state index contributed by atoms with van der Waals surface area (Å²) in [5.74, 6) is 1.51. The van der Waals surface area contributed by atoms with Crippen molar-refractivity contribution in [1.82, 2.24) is 4.57 Å². The summed E-state index contributed by atoms with van der Waals surface area (Å²) in [6.07, 6.45) is 3.84. The molecule has 0 saturated carbocycles. The minimum Gasteiger partial charge on any atom is -0.497 e. The maximum Gasteiger partial charge on any atom is 0.119 e. The van der Waals surface area contributed by atoms with E-state index >= 15 is 0 Å². The molecule has 0 saturated heterocycles. The highest BCUT2D eigenvalue weighted by atomic mass is 16.5. The normalized spacial score (nSPS) is 13.8. The van der Waals surface area contributed by atoms with Crippen molar-refractivity contribution in [2.45, 2.75) is 52.8 Å². The van der Waals surface area contributed by atoms with E-state index in [0.717, 1.165) is 44.8 Å². The molecule has 2 aromatic rings. The molecule has 2 atom stereocenters. The first kappa shape index (κ1) is 20.5. The van der Waals surface area contributed by atoms with Crippen LogP contribution >= 0.6 is 0 Å². The predicted octanol–water partition coefficient (Wildman–Crippen LogP) is 2.75. The Morgan fingerprint density at radius 2 is 1.96 bits per heavy atom. The maximum absolute atomic E-state index is 10.3. The van der Waals surface area contributed by atoms with Crippen molar-refractivity contribution >= 4 is 0 Å². The highest BCUT2D eigenvalue weighted by Crippen LogP contribution is 2.14. The van der Waals surface area contributed by atoms with Crippen LogP contribution in [0.25, 0.3) is 0 Å². The predicted molar refractivity (Wildman–Crippen MR) is 107 cm³/mol. The van der Waals surface area contributed by atoms with Crippen molar-refractivity contribution in [2.75, 3.05) is 20.2 Å². The summed E-state index contributed by atoms with van der Waals surface area (Å²) in [6, 6.07) is 12.6. The number of methoxy groups -OCH3 is 1. The highest BCUT2D eigenvalue weighted by Gasteiger charge is 2.18. The molecule has 0 amide bonds. The van der Waals surface area contributed by atoms with Crippen molar-refractivity contribution < 1.29 is 14.7 Å². The lowest BCUT2D eigenvalue weighted by Crippen LogP contribution is -3.12. The molecular formula is C22H35N2O2+. The number of hydrogen-bond acceptors (Lipinski definition) is 2. The molecule has 0 spiro atoms. The van der Waals surface area contributed by atoms with Gasteiger partial charge in [-0.2, -0.15) is 0 Å². The first-order valence-electron chi connectivity index (χ1n) is 9.80. The van der Waals surface area contributed by atoms with Crippen LogP contribution in [0.15, 0.2) is 42.6 Å². The van der Waals surface area contributed by atoms with Crippen molar-refractivity contribution in [2.24, 2.45) is 5.92 Å². The molecule has 1 aromatic heterocycles. The highest BCUT2D eigenvalue weighted by molar-refractivity contribution is 5.29. The van der Waals surface area contributed by atoms with Crippen LogP contribution in [-0.4, -0.2) is 36.0 Å². The van der Waals surface area contributed by atoms with Gasteiger partial charge in [-0.15, -0.1) is 0 Å². The van der Waals surface area contributed by atoms with Crippen molar-refractivity contribution in [1.29, 1.82) is 0 Å². The molecule has 1 heterocycles. The third kappa shape index (κ3) is 6.50. The van der Waals surface area contributed by atoms with Crippen LogP contribution in [0.1, 0.15) is 44.9 Å².